The molecule has 10 aromatic rings. The van der Waals surface area contributed by atoms with E-state index >= 15 is 0 Å². The van der Waals surface area contributed by atoms with E-state index in [0.717, 1.165) is 89.6 Å². The molecule has 4 nitrogen and oxygen atoms in total. The van der Waals surface area contributed by atoms with Crippen molar-refractivity contribution >= 4 is 66.4 Å². The largest absolute Gasteiger partial charge is 0.456 e. The Labute approximate surface area is 355 Å². The molecule has 0 aliphatic carbocycles. The summed E-state index contributed by atoms with van der Waals surface area (Å²) in [6.45, 7) is 4.15. The quantitative estimate of drug-likeness (QED) is 0.151. The molecule has 0 amide bonds. The van der Waals surface area contributed by atoms with Gasteiger partial charge in [0.15, 0.2) is 0 Å². The zero-order chi connectivity index (χ0) is 41.0. The zero-order valence-corrected chi connectivity index (χ0v) is 33.8. The second-order valence-electron chi connectivity index (χ2n) is 15.7. The van der Waals surface area contributed by atoms with E-state index < -0.39 is 0 Å². The van der Waals surface area contributed by atoms with Crippen LogP contribution in [-0.2, 0) is 0 Å². The van der Waals surface area contributed by atoms with E-state index in [1.165, 1.54) is 21.7 Å². The monoisotopic (exact) mass is 781 g/mol. The number of hydrogen-bond acceptors (Lipinski definition) is 4. The van der Waals surface area contributed by atoms with Crippen molar-refractivity contribution in [3.63, 3.8) is 0 Å². The van der Waals surface area contributed by atoms with Crippen molar-refractivity contribution in [1.29, 1.82) is 5.26 Å². The molecule has 10 aromatic carbocycles. The standard InChI is InChI=1S/C57H39N3O/c1-37-31-39(36-58)32-38(2)57(37)59(41-19-8-4-9-20-41)43-29-30-47-51-34-49-45-24-12-13-25-46(45)53(35-50(49)48-26-16-28-54(56(48)51)61-55(47)33-43)60(42-21-10-5-11-22-42)52-27-15-14-23-44(52)40-17-6-3-7-18-40/h3-35H,1-2H3. The lowest BCUT2D eigenvalue weighted by Gasteiger charge is -2.31. The van der Waals surface area contributed by atoms with Crippen molar-refractivity contribution in [3.8, 4) is 39.8 Å². The maximum absolute atomic E-state index is 9.75. The van der Waals surface area contributed by atoms with Crippen LogP contribution in [0, 0.1) is 25.2 Å². The lowest BCUT2D eigenvalue weighted by molar-refractivity contribution is 0.487. The number of ether oxygens (including phenoxy) is 1. The van der Waals surface area contributed by atoms with Crippen molar-refractivity contribution in [2.45, 2.75) is 13.8 Å². The van der Waals surface area contributed by atoms with Crippen LogP contribution in [0.5, 0.6) is 11.5 Å². The summed E-state index contributed by atoms with van der Waals surface area (Å²) in [6.07, 6.45) is 0. The Morgan fingerprint density at radius 1 is 0.410 bits per heavy atom. The minimum atomic E-state index is 0.655. The van der Waals surface area contributed by atoms with E-state index in [1.54, 1.807) is 0 Å². The lowest BCUT2D eigenvalue weighted by Crippen LogP contribution is -2.13. The average molecular weight is 782 g/mol. The van der Waals surface area contributed by atoms with Gasteiger partial charge in [0.05, 0.1) is 28.7 Å². The number of rotatable bonds is 7. The molecular formula is C57H39N3O. The first-order valence-electron chi connectivity index (χ1n) is 20.7. The highest BCUT2D eigenvalue weighted by atomic mass is 16.5. The van der Waals surface area contributed by atoms with Crippen LogP contribution in [0.4, 0.5) is 34.1 Å². The third-order valence-electron chi connectivity index (χ3n) is 12.0. The fourth-order valence-corrected chi connectivity index (χ4v) is 9.44. The number of fused-ring (bicyclic) bond motifs is 6. The lowest BCUT2D eigenvalue weighted by atomic mass is 9.88. The number of nitriles is 1. The predicted octanol–water partition coefficient (Wildman–Crippen LogP) is 16.0. The highest BCUT2D eigenvalue weighted by Crippen LogP contribution is 2.53. The fraction of sp³-hybridized carbons (Fsp3) is 0.0351. The van der Waals surface area contributed by atoms with Gasteiger partial charge in [-0.15, -0.1) is 0 Å². The van der Waals surface area contributed by atoms with Crippen molar-refractivity contribution in [1.82, 2.24) is 0 Å². The summed E-state index contributed by atoms with van der Waals surface area (Å²) in [5, 5.41) is 16.7. The number of anilines is 6. The SMILES string of the molecule is Cc1cc(C#N)cc(C)c1N(c1ccccc1)c1ccc2c(c1)Oc1cccc3c1c-2cc1c2ccccc2c(N(c2ccccc2)c2ccccc2-c2ccccc2)cc31. The molecule has 4 heteroatoms. The number of benzene rings is 10. The molecule has 1 aliphatic heterocycles. The molecule has 0 unspecified atom stereocenters. The minimum absolute atomic E-state index is 0.655. The van der Waals surface area contributed by atoms with E-state index in [4.69, 9.17) is 4.74 Å². The molecule has 0 bridgehead atoms. The average Bonchev–Trinajstić information content (AvgIpc) is 3.31. The topological polar surface area (TPSA) is 39.5 Å². The maximum Gasteiger partial charge on any atom is 0.137 e. The van der Waals surface area contributed by atoms with Gasteiger partial charge in [0.1, 0.15) is 11.5 Å². The Kier molecular flexibility index (Phi) is 8.62. The molecule has 11 rings (SSSR count). The second-order valence-corrected chi connectivity index (χ2v) is 15.7. The third-order valence-corrected chi connectivity index (χ3v) is 12.0. The zero-order valence-electron chi connectivity index (χ0n) is 33.8. The first-order valence-corrected chi connectivity index (χ1v) is 20.7. The van der Waals surface area contributed by atoms with Gasteiger partial charge in [-0.2, -0.15) is 5.26 Å². The van der Waals surface area contributed by atoms with Crippen LogP contribution in [-0.4, -0.2) is 0 Å². The van der Waals surface area contributed by atoms with Crippen molar-refractivity contribution in [2.75, 3.05) is 9.80 Å². The van der Waals surface area contributed by atoms with E-state index in [0.29, 0.717) is 5.56 Å². The summed E-state index contributed by atoms with van der Waals surface area (Å²) in [6, 6.07) is 73.3. The molecule has 1 heterocycles. The Hall–Kier alpha value is -8.13. The molecule has 0 saturated carbocycles. The van der Waals surface area contributed by atoms with Gasteiger partial charge < -0.3 is 14.5 Å². The summed E-state index contributed by atoms with van der Waals surface area (Å²) < 4.78 is 6.95. The van der Waals surface area contributed by atoms with Gasteiger partial charge in [0.25, 0.3) is 0 Å². The first-order chi connectivity index (χ1) is 30.1. The number of nitrogens with zero attached hydrogens (tertiary/aromatic N) is 3. The molecular weight excluding hydrogens is 743 g/mol. The molecule has 0 atom stereocenters. The molecule has 288 valence electrons. The van der Waals surface area contributed by atoms with Gasteiger partial charge in [0, 0.05) is 45.0 Å². The van der Waals surface area contributed by atoms with Crippen molar-refractivity contribution in [2.24, 2.45) is 0 Å². The number of hydrogen-bond donors (Lipinski definition) is 0. The van der Waals surface area contributed by atoms with Crippen molar-refractivity contribution in [3.05, 3.63) is 217 Å². The van der Waals surface area contributed by atoms with Gasteiger partial charge in [-0.25, -0.2) is 0 Å². The fourth-order valence-electron chi connectivity index (χ4n) is 9.44. The van der Waals surface area contributed by atoms with Gasteiger partial charge in [-0.1, -0.05) is 121 Å². The van der Waals surface area contributed by atoms with E-state index in [-0.39, 0.29) is 0 Å². The van der Waals surface area contributed by atoms with E-state index in [2.05, 4.69) is 212 Å². The first kappa shape index (κ1) is 36.0. The molecule has 0 aromatic heterocycles. The van der Waals surface area contributed by atoms with Crippen molar-refractivity contribution < 1.29 is 4.74 Å². The Morgan fingerprint density at radius 2 is 1.02 bits per heavy atom. The van der Waals surface area contributed by atoms with Gasteiger partial charge >= 0.3 is 0 Å². The summed E-state index contributed by atoms with van der Waals surface area (Å²) in [5.74, 6) is 1.63. The normalized spacial score (nSPS) is 11.6. The molecule has 0 spiro atoms. The van der Waals surface area contributed by atoms with Gasteiger partial charge in [-0.05, 0) is 130 Å². The molecule has 1 aliphatic rings. The Morgan fingerprint density at radius 3 is 1.74 bits per heavy atom. The van der Waals surface area contributed by atoms with Gasteiger partial charge in [0.2, 0.25) is 0 Å². The smallest absolute Gasteiger partial charge is 0.137 e. The molecule has 0 fully saturated rings. The van der Waals surface area contributed by atoms with Crippen LogP contribution in [0.15, 0.2) is 200 Å². The number of aryl methyl sites for hydroxylation is 2. The van der Waals surface area contributed by atoms with E-state index in [9.17, 15) is 5.26 Å². The summed E-state index contributed by atoms with van der Waals surface area (Å²) in [7, 11) is 0. The summed E-state index contributed by atoms with van der Waals surface area (Å²) >= 11 is 0. The predicted molar refractivity (Wildman–Crippen MR) is 253 cm³/mol. The van der Waals surface area contributed by atoms with Crippen LogP contribution in [0.2, 0.25) is 0 Å². The minimum Gasteiger partial charge on any atom is -0.456 e. The highest BCUT2D eigenvalue weighted by molar-refractivity contribution is 6.26. The molecule has 0 saturated heterocycles. The van der Waals surface area contributed by atoms with Crippen LogP contribution < -0.4 is 14.5 Å². The molecule has 0 radical (unpaired) electrons. The second kappa shape index (κ2) is 14.6. The molecule has 61 heavy (non-hydrogen) atoms. The number of para-hydroxylation sites is 3. The van der Waals surface area contributed by atoms with Gasteiger partial charge in [-0.3, -0.25) is 0 Å². The highest BCUT2D eigenvalue weighted by Gasteiger charge is 2.27. The summed E-state index contributed by atoms with van der Waals surface area (Å²) in [5.41, 5.74) is 13.6. The van der Waals surface area contributed by atoms with Crippen LogP contribution >= 0.6 is 0 Å². The van der Waals surface area contributed by atoms with E-state index in [1.807, 2.05) is 18.2 Å². The summed E-state index contributed by atoms with van der Waals surface area (Å²) in [4.78, 5) is 4.69. The van der Waals surface area contributed by atoms with Crippen LogP contribution in [0.3, 0.4) is 0 Å². The Balaban J connectivity index is 1.13. The maximum atomic E-state index is 9.75. The Bertz CT molecular complexity index is 3350. The third kappa shape index (κ3) is 5.98. The molecule has 0 N–H and O–H groups in total. The van der Waals surface area contributed by atoms with Crippen LogP contribution in [0.25, 0.3) is 54.6 Å². The van der Waals surface area contributed by atoms with Crippen LogP contribution in [0.1, 0.15) is 16.7 Å².